The summed E-state index contributed by atoms with van der Waals surface area (Å²) < 4.78 is 7.22. The number of anilines is 1. The van der Waals surface area contributed by atoms with E-state index >= 15 is 0 Å². The Hall–Kier alpha value is -2.73. The van der Waals surface area contributed by atoms with Gasteiger partial charge in [-0.2, -0.15) is 0 Å². The van der Waals surface area contributed by atoms with Gasteiger partial charge in [0.2, 0.25) is 5.91 Å². The molecule has 1 N–H and O–H groups in total. The monoisotopic (exact) mass is 367 g/mol. The highest BCUT2D eigenvalue weighted by molar-refractivity contribution is 7.99. The Balaban J connectivity index is 1.68. The van der Waals surface area contributed by atoms with E-state index in [9.17, 15) is 4.79 Å². The Morgan fingerprint density at radius 2 is 2.08 bits per heavy atom. The van der Waals surface area contributed by atoms with Crippen LogP contribution in [0.5, 0.6) is 5.75 Å². The molecule has 0 atom stereocenters. The highest BCUT2D eigenvalue weighted by Crippen LogP contribution is 2.24. The van der Waals surface area contributed by atoms with Gasteiger partial charge in [0.05, 0.1) is 18.6 Å². The van der Waals surface area contributed by atoms with Gasteiger partial charge in [0, 0.05) is 24.1 Å². The fourth-order valence-corrected chi connectivity index (χ4v) is 3.31. The van der Waals surface area contributed by atoms with Crippen molar-refractivity contribution in [3.8, 4) is 11.4 Å². The van der Waals surface area contributed by atoms with Crippen molar-refractivity contribution >= 4 is 23.4 Å². The van der Waals surface area contributed by atoms with Gasteiger partial charge in [-0.05, 0) is 43.2 Å². The van der Waals surface area contributed by atoms with Crippen LogP contribution < -0.4 is 10.1 Å². The molecule has 134 valence electrons. The molecule has 0 spiro atoms. The summed E-state index contributed by atoms with van der Waals surface area (Å²) in [7, 11) is 1.64. The largest absolute Gasteiger partial charge is 0.497 e. The van der Waals surface area contributed by atoms with Crippen LogP contribution in [0.4, 0.5) is 5.69 Å². The molecule has 0 fully saturated rings. The second-order valence-corrected chi connectivity index (χ2v) is 6.88. The number of imidazole rings is 1. The molecule has 0 aliphatic carbocycles. The molecule has 0 bridgehead atoms. The molecule has 0 unspecified atom stereocenters. The molecular weight excluding hydrogens is 346 g/mol. The smallest absolute Gasteiger partial charge is 0.234 e. The first kappa shape index (κ1) is 18.1. The average molecular weight is 367 g/mol. The molecule has 1 aromatic heterocycles. The number of carbonyl (C=O) groups is 1. The highest BCUT2D eigenvalue weighted by atomic mass is 32.2. The maximum absolute atomic E-state index is 12.3. The fourth-order valence-electron chi connectivity index (χ4n) is 2.54. The summed E-state index contributed by atoms with van der Waals surface area (Å²) in [5.74, 6) is 1.01. The van der Waals surface area contributed by atoms with Gasteiger partial charge in [0.15, 0.2) is 5.16 Å². The van der Waals surface area contributed by atoms with E-state index in [1.165, 1.54) is 11.8 Å². The highest BCUT2D eigenvalue weighted by Gasteiger charge is 2.11. The van der Waals surface area contributed by atoms with Gasteiger partial charge < -0.3 is 10.1 Å². The van der Waals surface area contributed by atoms with E-state index in [1.807, 2.05) is 67.1 Å². The third kappa shape index (κ3) is 4.26. The Labute approximate surface area is 157 Å². The van der Waals surface area contributed by atoms with Crippen molar-refractivity contribution in [2.45, 2.75) is 19.0 Å². The summed E-state index contributed by atoms with van der Waals surface area (Å²) in [4.78, 5) is 16.7. The Morgan fingerprint density at radius 1 is 1.23 bits per heavy atom. The maximum Gasteiger partial charge on any atom is 0.234 e. The van der Waals surface area contributed by atoms with Crippen LogP contribution in [0.15, 0.2) is 60.0 Å². The summed E-state index contributed by atoms with van der Waals surface area (Å²) in [6, 6.07) is 13.8. The lowest BCUT2D eigenvalue weighted by Crippen LogP contribution is -2.15. The second kappa shape index (κ2) is 8.10. The molecule has 0 radical (unpaired) electrons. The molecule has 0 aliphatic heterocycles. The van der Waals surface area contributed by atoms with Crippen LogP contribution in [0.3, 0.4) is 0 Å². The Kier molecular flexibility index (Phi) is 5.63. The zero-order chi connectivity index (χ0) is 18.5. The van der Waals surface area contributed by atoms with Gasteiger partial charge >= 0.3 is 0 Å². The van der Waals surface area contributed by atoms with E-state index in [1.54, 1.807) is 13.3 Å². The minimum absolute atomic E-state index is 0.0520. The van der Waals surface area contributed by atoms with Crippen molar-refractivity contribution in [1.29, 1.82) is 0 Å². The van der Waals surface area contributed by atoms with Gasteiger partial charge in [-0.1, -0.05) is 30.0 Å². The molecule has 3 rings (SSSR count). The molecule has 6 heteroatoms. The van der Waals surface area contributed by atoms with Gasteiger partial charge in [0.1, 0.15) is 5.75 Å². The molecule has 26 heavy (non-hydrogen) atoms. The van der Waals surface area contributed by atoms with Crippen LogP contribution in [0.25, 0.3) is 5.69 Å². The van der Waals surface area contributed by atoms with Crippen molar-refractivity contribution < 1.29 is 9.53 Å². The molecule has 0 saturated heterocycles. The Morgan fingerprint density at radius 3 is 2.88 bits per heavy atom. The third-order valence-electron chi connectivity index (χ3n) is 3.94. The molecule has 1 amide bonds. The lowest BCUT2D eigenvalue weighted by Gasteiger charge is -2.10. The summed E-state index contributed by atoms with van der Waals surface area (Å²) in [6.45, 7) is 3.99. The number of nitrogens with one attached hydrogen (secondary N) is 1. The normalized spacial score (nSPS) is 10.6. The maximum atomic E-state index is 12.3. The first-order chi connectivity index (χ1) is 12.6. The van der Waals surface area contributed by atoms with Gasteiger partial charge in [-0.25, -0.2) is 4.98 Å². The summed E-state index contributed by atoms with van der Waals surface area (Å²) in [6.07, 6.45) is 3.60. The molecule has 3 aromatic rings. The molecule has 0 saturated carbocycles. The standard InChI is InChI=1S/C20H21N3O2S/c1-14-7-8-15(2)18(11-14)22-19(24)13-26-20-21-9-10-23(20)16-5-4-6-17(12-16)25-3/h4-12H,13H2,1-3H3,(H,22,24). The second-order valence-electron chi connectivity index (χ2n) is 5.94. The number of rotatable bonds is 6. The van der Waals surface area contributed by atoms with E-state index in [4.69, 9.17) is 4.74 Å². The van der Waals surface area contributed by atoms with Crippen LogP contribution in [0.1, 0.15) is 11.1 Å². The number of ether oxygens (including phenoxy) is 1. The third-order valence-corrected chi connectivity index (χ3v) is 4.90. The van der Waals surface area contributed by atoms with Crippen LogP contribution in [0, 0.1) is 13.8 Å². The van der Waals surface area contributed by atoms with Crippen LogP contribution in [0.2, 0.25) is 0 Å². The number of amides is 1. The average Bonchev–Trinajstić information content (AvgIpc) is 3.12. The van der Waals surface area contributed by atoms with E-state index in [2.05, 4.69) is 10.3 Å². The first-order valence-electron chi connectivity index (χ1n) is 8.24. The topological polar surface area (TPSA) is 56.2 Å². The summed E-state index contributed by atoms with van der Waals surface area (Å²) in [5, 5.41) is 3.73. The minimum Gasteiger partial charge on any atom is -0.497 e. The number of hydrogen-bond donors (Lipinski definition) is 1. The lowest BCUT2D eigenvalue weighted by atomic mass is 10.1. The summed E-state index contributed by atoms with van der Waals surface area (Å²) in [5.41, 5.74) is 3.96. The number of carbonyl (C=O) groups excluding carboxylic acids is 1. The van der Waals surface area contributed by atoms with Crippen LogP contribution in [-0.2, 0) is 4.79 Å². The van der Waals surface area contributed by atoms with Crippen LogP contribution >= 0.6 is 11.8 Å². The van der Waals surface area contributed by atoms with Crippen molar-refractivity contribution in [3.63, 3.8) is 0 Å². The van der Waals surface area contributed by atoms with Crippen molar-refractivity contribution in [1.82, 2.24) is 9.55 Å². The molecular formula is C20H21N3O2S. The molecule has 5 nitrogen and oxygen atoms in total. The summed E-state index contributed by atoms with van der Waals surface area (Å²) >= 11 is 1.40. The van der Waals surface area contributed by atoms with Gasteiger partial charge in [-0.3, -0.25) is 9.36 Å². The number of thioether (sulfide) groups is 1. The number of benzene rings is 2. The van der Waals surface area contributed by atoms with Crippen molar-refractivity contribution in [3.05, 3.63) is 66.0 Å². The SMILES string of the molecule is COc1cccc(-n2ccnc2SCC(=O)Nc2cc(C)ccc2C)c1. The van der Waals surface area contributed by atoms with Crippen molar-refractivity contribution in [2.24, 2.45) is 0 Å². The zero-order valence-electron chi connectivity index (χ0n) is 15.0. The number of methoxy groups -OCH3 is 1. The first-order valence-corrected chi connectivity index (χ1v) is 9.23. The van der Waals surface area contributed by atoms with E-state index < -0.39 is 0 Å². The number of nitrogens with zero attached hydrogens (tertiary/aromatic N) is 2. The molecule has 2 aromatic carbocycles. The van der Waals surface area contributed by atoms with Gasteiger partial charge in [0.25, 0.3) is 0 Å². The number of aryl methyl sites for hydroxylation is 2. The van der Waals surface area contributed by atoms with E-state index in [-0.39, 0.29) is 11.7 Å². The quantitative estimate of drug-likeness (QED) is 0.663. The number of hydrogen-bond acceptors (Lipinski definition) is 4. The lowest BCUT2D eigenvalue weighted by molar-refractivity contribution is -0.113. The predicted molar refractivity (Wildman–Crippen MR) is 105 cm³/mol. The molecule has 0 aliphatic rings. The minimum atomic E-state index is -0.0520. The molecule has 1 heterocycles. The van der Waals surface area contributed by atoms with Gasteiger partial charge in [-0.15, -0.1) is 0 Å². The van der Waals surface area contributed by atoms with Crippen molar-refractivity contribution in [2.75, 3.05) is 18.2 Å². The van der Waals surface area contributed by atoms with E-state index in [0.29, 0.717) is 0 Å². The Bertz CT molecular complexity index is 921. The van der Waals surface area contributed by atoms with Crippen LogP contribution in [-0.4, -0.2) is 28.3 Å². The zero-order valence-corrected chi connectivity index (χ0v) is 15.8. The van der Waals surface area contributed by atoms with E-state index in [0.717, 1.165) is 33.4 Å². The number of aromatic nitrogens is 2. The predicted octanol–water partition coefficient (Wildman–Crippen LogP) is 4.23. The fraction of sp³-hybridized carbons (Fsp3) is 0.200.